The van der Waals surface area contributed by atoms with Gasteiger partial charge in [-0.25, -0.2) is 5.84 Å². The number of nitrogens with zero attached hydrogens (tertiary/aromatic N) is 3. The molecule has 1 aliphatic heterocycles. The summed E-state index contributed by atoms with van der Waals surface area (Å²) in [5, 5.41) is 9.48. The maximum absolute atomic E-state index is 11.4. The van der Waals surface area contributed by atoms with Crippen molar-refractivity contribution in [3.63, 3.8) is 0 Å². The summed E-state index contributed by atoms with van der Waals surface area (Å²) in [5.74, 6) is 5.20. The molecule has 0 bridgehead atoms. The molecule has 1 saturated heterocycles. The summed E-state index contributed by atoms with van der Waals surface area (Å²) in [7, 11) is 1.44. The molecule has 1 aromatic rings. The highest BCUT2D eigenvalue weighted by atomic mass is 32.1. The molecular formula is C10H17N5O2S. The fourth-order valence-electron chi connectivity index (χ4n) is 2.06. The molecule has 2 rings (SSSR count). The van der Waals surface area contributed by atoms with Crippen LogP contribution in [-0.4, -0.2) is 41.3 Å². The molecule has 100 valence electrons. The number of carbonyl (C=O) groups excluding carboxylic acids is 1. The molecule has 0 aromatic carbocycles. The summed E-state index contributed by atoms with van der Waals surface area (Å²) in [4.78, 5) is 13.7. The molecule has 7 nitrogen and oxygen atoms in total. The molecule has 18 heavy (non-hydrogen) atoms. The highest BCUT2D eigenvalue weighted by Crippen LogP contribution is 2.22. The van der Waals surface area contributed by atoms with Crippen LogP contribution in [0.2, 0.25) is 0 Å². The first-order valence-corrected chi connectivity index (χ1v) is 6.63. The van der Waals surface area contributed by atoms with Crippen molar-refractivity contribution in [1.29, 1.82) is 0 Å². The summed E-state index contributed by atoms with van der Waals surface area (Å²) in [6.45, 7) is 2.52. The molecule has 0 aliphatic carbocycles. The molecule has 0 unspecified atom stereocenters. The molecule has 0 radical (unpaired) electrons. The molecule has 0 saturated carbocycles. The number of rotatable bonds is 4. The zero-order valence-corrected chi connectivity index (χ0v) is 11.1. The highest BCUT2D eigenvalue weighted by Gasteiger charge is 2.25. The second-order valence-electron chi connectivity index (χ2n) is 4.22. The van der Waals surface area contributed by atoms with Crippen LogP contribution in [0, 0.1) is 5.92 Å². The Hall–Kier alpha value is -1.25. The van der Waals surface area contributed by atoms with Crippen molar-refractivity contribution in [3.8, 4) is 0 Å². The van der Waals surface area contributed by atoms with Crippen LogP contribution < -0.4 is 11.3 Å². The van der Waals surface area contributed by atoms with E-state index in [1.807, 2.05) is 0 Å². The van der Waals surface area contributed by atoms with Crippen molar-refractivity contribution in [2.45, 2.75) is 19.4 Å². The second kappa shape index (κ2) is 6.07. The van der Waals surface area contributed by atoms with Gasteiger partial charge in [0.1, 0.15) is 5.01 Å². The third-order valence-electron chi connectivity index (χ3n) is 3.07. The zero-order valence-electron chi connectivity index (χ0n) is 10.3. The van der Waals surface area contributed by atoms with E-state index in [1.54, 1.807) is 0 Å². The Balaban J connectivity index is 1.81. The summed E-state index contributed by atoms with van der Waals surface area (Å²) in [5.41, 5.74) is 2.48. The van der Waals surface area contributed by atoms with Crippen LogP contribution in [0.3, 0.4) is 0 Å². The molecule has 1 aromatic heterocycles. The summed E-state index contributed by atoms with van der Waals surface area (Å²) in [6.07, 6.45) is 1.68. The quantitative estimate of drug-likeness (QED) is 0.459. The maximum atomic E-state index is 11.4. The molecule has 0 amide bonds. The van der Waals surface area contributed by atoms with Crippen LogP contribution in [0.1, 0.15) is 17.8 Å². The van der Waals surface area contributed by atoms with E-state index in [1.165, 1.54) is 18.4 Å². The molecule has 2 heterocycles. The Bertz CT molecular complexity index is 403. The minimum absolute atomic E-state index is 0.0435. The van der Waals surface area contributed by atoms with Gasteiger partial charge in [0.25, 0.3) is 0 Å². The predicted octanol–water partition coefficient (Wildman–Crippen LogP) is 0.209. The number of hydrogen-bond acceptors (Lipinski definition) is 8. The van der Waals surface area contributed by atoms with Gasteiger partial charge < -0.3 is 4.74 Å². The third-order valence-corrected chi connectivity index (χ3v) is 3.91. The maximum Gasteiger partial charge on any atom is 0.308 e. The van der Waals surface area contributed by atoms with E-state index >= 15 is 0 Å². The number of methoxy groups -OCH3 is 1. The van der Waals surface area contributed by atoms with Gasteiger partial charge in [0, 0.05) is 0 Å². The van der Waals surface area contributed by atoms with Gasteiger partial charge >= 0.3 is 5.97 Å². The average molecular weight is 271 g/mol. The molecular weight excluding hydrogens is 254 g/mol. The summed E-state index contributed by atoms with van der Waals surface area (Å²) >= 11 is 1.45. The first-order valence-electron chi connectivity index (χ1n) is 5.82. The first-order chi connectivity index (χ1) is 8.72. The van der Waals surface area contributed by atoms with Gasteiger partial charge in [-0.2, -0.15) is 0 Å². The number of hydrazine groups is 1. The smallest absolute Gasteiger partial charge is 0.308 e. The van der Waals surface area contributed by atoms with Crippen molar-refractivity contribution in [2.24, 2.45) is 11.8 Å². The fourth-order valence-corrected chi connectivity index (χ4v) is 2.75. The summed E-state index contributed by atoms with van der Waals surface area (Å²) in [6, 6.07) is 0. The molecule has 0 spiro atoms. The van der Waals surface area contributed by atoms with E-state index in [0.29, 0.717) is 5.13 Å². The Labute approximate surface area is 109 Å². The van der Waals surface area contributed by atoms with Crippen LogP contribution in [0.25, 0.3) is 0 Å². The van der Waals surface area contributed by atoms with Gasteiger partial charge in [-0.3, -0.25) is 15.1 Å². The molecule has 1 fully saturated rings. The number of ether oxygens (including phenoxy) is 1. The zero-order chi connectivity index (χ0) is 13.0. The third kappa shape index (κ3) is 3.15. The van der Waals surface area contributed by atoms with Crippen molar-refractivity contribution in [3.05, 3.63) is 5.01 Å². The lowest BCUT2D eigenvalue weighted by Crippen LogP contribution is -2.36. The van der Waals surface area contributed by atoms with Crippen molar-refractivity contribution in [1.82, 2.24) is 15.1 Å². The highest BCUT2D eigenvalue weighted by molar-refractivity contribution is 7.15. The Morgan fingerprint density at radius 3 is 2.83 bits per heavy atom. The number of likely N-dealkylation sites (tertiary alicyclic amines) is 1. The summed E-state index contributed by atoms with van der Waals surface area (Å²) < 4.78 is 4.76. The molecule has 0 atom stereocenters. The van der Waals surface area contributed by atoms with Crippen molar-refractivity contribution in [2.75, 3.05) is 25.6 Å². The number of nitrogen functional groups attached to an aromatic ring is 1. The van der Waals surface area contributed by atoms with Crippen LogP contribution in [-0.2, 0) is 16.1 Å². The van der Waals surface area contributed by atoms with E-state index in [4.69, 9.17) is 10.6 Å². The van der Waals surface area contributed by atoms with Crippen LogP contribution in [0.15, 0.2) is 0 Å². The average Bonchev–Trinajstić information content (AvgIpc) is 2.86. The van der Waals surface area contributed by atoms with Gasteiger partial charge in [0.2, 0.25) is 5.13 Å². The predicted molar refractivity (Wildman–Crippen MR) is 67.7 cm³/mol. The minimum atomic E-state index is -0.0971. The second-order valence-corrected chi connectivity index (χ2v) is 5.28. The number of hydrogen-bond donors (Lipinski definition) is 2. The number of esters is 1. The van der Waals surface area contributed by atoms with E-state index in [9.17, 15) is 4.79 Å². The molecule has 8 heteroatoms. The Kier molecular flexibility index (Phi) is 4.45. The number of piperidine rings is 1. The normalized spacial score (nSPS) is 17.7. The van der Waals surface area contributed by atoms with E-state index < -0.39 is 0 Å². The van der Waals surface area contributed by atoms with Gasteiger partial charge in [-0.15, -0.1) is 10.2 Å². The first kappa shape index (κ1) is 13.2. The van der Waals surface area contributed by atoms with Crippen LogP contribution >= 0.6 is 11.3 Å². The number of nitrogens with one attached hydrogen (secondary N) is 1. The van der Waals surface area contributed by atoms with Gasteiger partial charge in [0.05, 0.1) is 19.6 Å². The number of nitrogens with two attached hydrogens (primary N) is 1. The Morgan fingerprint density at radius 1 is 1.56 bits per heavy atom. The lowest BCUT2D eigenvalue weighted by Gasteiger charge is -2.29. The lowest BCUT2D eigenvalue weighted by atomic mass is 9.97. The van der Waals surface area contributed by atoms with Crippen molar-refractivity contribution < 1.29 is 9.53 Å². The van der Waals surface area contributed by atoms with E-state index in [-0.39, 0.29) is 11.9 Å². The van der Waals surface area contributed by atoms with E-state index in [0.717, 1.165) is 37.5 Å². The van der Waals surface area contributed by atoms with Crippen LogP contribution in [0.5, 0.6) is 0 Å². The van der Waals surface area contributed by atoms with Crippen molar-refractivity contribution >= 4 is 22.4 Å². The number of anilines is 1. The minimum Gasteiger partial charge on any atom is -0.469 e. The fraction of sp³-hybridized carbons (Fsp3) is 0.700. The molecule has 1 aliphatic rings. The molecule has 3 N–H and O–H groups in total. The topological polar surface area (TPSA) is 93.4 Å². The van der Waals surface area contributed by atoms with Gasteiger partial charge in [0.15, 0.2) is 0 Å². The SMILES string of the molecule is COC(=O)C1CCN(Cc2nnc(NN)s2)CC1. The standard InChI is InChI=1S/C10H17N5O2S/c1-17-9(16)7-2-4-15(5-3-7)6-8-13-14-10(12-11)18-8/h7H,2-6,11H2,1H3,(H,12,14). The largest absolute Gasteiger partial charge is 0.469 e. The Morgan fingerprint density at radius 2 is 2.28 bits per heavy atom. The monoisotopic (exact) mass is 271 g/mol. The number of aromatic nitrogens is 2. The van der Waals surface area contributed by atoms with E-state index in [2.05, 4.69) is 20.5 Å². The van der Waals surface area contributed by atoms with Gasteiger partial charge in [-0.05, 0) is 25.9 Å². The lowest BCUT2D eigenvalue weighted by molar-refractivity contribution is -0.147. The van der Waals surface area contributed by atoms with Gasteiger partial charge in [-0.1, -0.05) is 11.3 Å². The van der Waals surface area contributed by atoms with Crippen LogP contribution in [0.4, 0.5) is 5.13 Å². The number of carbonyl (C=O) groups is 1.